The summed E-state index contributed by atoms with van der Waals surface area (Å²) < 4.78 is 23.1. The van der Waals surface area contributed by atoms with E-state index >= 15 is 0 Å². The molecule has 1 fully saturated rings. The van der Waals surface area contributed by atoms with Gasteiger partial charge in [-0.2, -0.15) is 0 Å². The van der Waals surface area contributed by atoms with E-state index in [-0.39, 0.29) is 17.5 Å². The fourth-order valence-corrected chi connectivity index (χ4v) is 3.98. The van der Waals surface area contributed by atoms with Gasteiger partial charge in [0.25, 0.3) is 0 Å². The van der Waals surface area contributed by atoms with Crippen molar-refractivity contribution in [2.75, 3.05) is 30.4 Å². The number of anilines is 1. The zero-order chi connectivity index (χ0) is 14.0. The fraction of sp³-hybridized carbons (Fsp3) is 0.583. The van der Waals surface area contributed by atoms with E-state index in [0.29, 0.717) is 18.1 Å². The summed E-state index contributed by atoms with van der Waals surface area (Å²) in [7, 11) is -1.09. The summed E-state index contributed by atoms with van der Waals surface area (Å²) in [4.78, 5) is 6.53. The number of pyridine rings is 1. The van der Waals surface area contributed by atoms with Gasteiger partial charge < -0.3 is 5.32 Å². The van der Waals surface area contributed by atoms with Gasteiger partial charge >= 0.3 is 0 Å². The summed E-state index contributed by atoms with van der Waals surface area (Å²) in [5, 5.41) is 3.58. The number of aromatic nitrogens is 1. The topological polar surface area (TPSA) is 62.3 Å². The molecule has 0 aliphatic carbocycles. The number of rotatable bonds is 3. The van der Waals surface area contributed by atoms with Crippen molar-refractivity contribution in [3.05, 3.63) is 22.8 Å². The Morgan fingerprint density at radius 2 is 2.26 bits per heavy atom. The van der Waals surface area contributed by atoms with Crippen LogP contribution >= 0.6 is 11.6 Å². The van der Waals surface area contributed by atoms with Crippen LogP contribution in [-0.4, -0.2) is 49.4 Å². The molecule has 106 valence electrons. The maximum atomic E-state index is 11.5. The van der Waals surface area contributed by atoms with E-state index < -0.39 is 9.84 Å². The third kappa shape index (κ3) is 3.58. The van der Waals surface area contributed by atoms with Crippen molar-refractivity contribution in [1.82, 2.24) is 9.88 Å². The molecule has 0 amide bonds. The predicted octanol–water partition coefficient (Wildman–Crippen LogP) is 1.40. The van der Waals surface area contributed by atoms with Crippen LogP contribution in [0.15, 0.2) is 12.1 Å². The van der Waals surface area contributed by atoms with Gasteiger partial charge in [-0.05, 0) is 19.1 Å². The Hall–Kier alpha value is -0.850. The highest BCUT2D eigenvalue weighted by molar-refractivity contribution is 7.91. The van der Waals surface area contributed by atoms with E-state index in [1.807, 2.05) is 13.0 Å². The van der Waals surface area contributed by atoms with Gasteiger partial charge in [-0.15, -0.1) is 0 Å². The molecule has 1 aromatic rings. The maximum Gasteiger partial charge on any atom is 0.153 e. The van der Waals surface area contributed by atoms with Crippen LogP contribution in [0.1, 0.15) is 12.6 Å². The summed E-state index contributed by atoms with van der Waals surface area (Å²) >= 11 is 6.14. The molecule has 7 heteroatoms. The molecule has 0 spiro atoms. The first-order valence-corrected chi connectivity index (χ1v) is 8.39. The van der Waals surface area contributed by atoms with Crippen LogP contribution in [0, 0.1) is 0 Å². The molecule has 5 nitrogen and oxygen atoms in total. The van der Waals surface area contributed by atoms with Crippen molar-refractivity contribution in [3.8, 4) is 0 Å². The summed E-state index contributed by atoms with van der Waals surface area (Å²) in [6, 6.07) is 3.62. The van der Waals surface area contributed by atoms with Gasteiger partial charge in [0.05, 0.1) is 22.2 Å². The molecule has 2 heterocycles. The van der Waals surface area contributed by atoms with E-state index in [9.17, 15) is 8.42 Å². The van der Waals surface area contributed by atoms with Crippen LogP contribution in [0.4, 0.5) is 5.82 Å². The first-order chi connectivity index (χ1) is 8.91. The van der Waals surface area contributed by atoms with Crippen molar-refractivity contribution in [3.63, 3.8) is 0 Å². The van der Waals surface area contributed by atoms with Crippen molar-refractivity contribution < 1.29 is 8.42 Å². The molecular formula is C12H18ClN3O2S. The molecule has 2 rings (SSSR count). The third-order valence-electron chi connectivity index (χ3n) is 3.34. The molecule has 1 atom stereocenters. The minimum atomic E-state index is -2.89. The third-order valence-corrected chi connectivity index (χ3v) is 5.47. The Bertz CT molecular complexity index is 562. The molecule has 19 heavy (non-hydrogen) atoms. The van der Waals surface area contributed by atoms with Gasteiger partial charge in [0.15, 0.2) is 9.84 Å². The zero-order valence-corrected chi connectivity index (χ0v) is 12.6. The quantitative estimate of drug-likeness (QED) is 0.914. The molecule has 0 aromatic carbocycles. The summed E-state index contributed by atoms with van der Waals surface area (Å²) in [5.41, 5.74) is 0.777. The average molecular weight is 304 g/mol. The molecule has 0 bridgehead atoms. The van der Waals surface area contributed by atoms with E-state index in [4.69, 9.17) is 11.6 Å². The zero-order valence-electron chi connectivity index (χ0n) is 11.1. The minimum absolute atomic E-state index is 0.00476. The molecular weight excluding hydrogens is 286 g/mol. The lowest BCUT2D eigenvalue weighted by molar-refractivity contribution is 0.216. The van der Waals surface area contributed by atoms with Crippen LogP contribution in [0.3, 0.4) is 0 Å². The number of hydrogen-bond acceptors (Lipinski definition) is 5. The molecule has 0 saturated carbocycles. The number of halogens is 1. The van der Waals surface area contributed by atoms with Crippen LogP contribution in [0.2, 0.25) is 5.02 Å². The minimum Gasteiger partial charge on any atom is -0.373 e. The number of nitrogens with zero attached hydrogens (tertiary/aromatic N) is 2. The van der Waals surface area contributed by atoms with Gasteiger partial charge in [0, 0.05) is 26.2 Å². The average Bonchev–Trinajstić information content (AvgIpc) is 2.34. The van der Waals surface area contributed by atoms with Crippen molar-refractivity contribution in [1.29, 1.82) is 0 Å². The summed E-state index contributed by atoms with van der Waals surface area (Å²) in [5.74, 6) is 1.17. The second-order valence-corrected chi connectivity index (χ2v) is 7.44. The van der Waals surface area contributed by atoms with Crippen LogP contribution in [0.25, 0.3) is 0 Å². The van der Waals surface area contributed by atoms with Crippen molar-refractivity contribution in [2.24, 2.45) is 0 Å². The Labute approximate surface area is 118 Å². The fourth-order valence-electron chi connectivity index (χ4n) is 2.19. The molecule has 1 unspecified atom stereocenters. The Balaban J connectivity index is 2.13. The van der Waals surface area contributed by atoms with E-state index in [1.165, 1.54) is 0 Å². The smallest absolute Gasteiger partial charge is 0.153 e. The highest BCUT2D eigenvalue weighted by Gasteiger charge is 2.28. The van der Waals surface area contributed by atoms with Crippen LogP contribution in [0.5, 0.6) is 0 Å². The van der Waals surface area contributed by atoms with Crippen molar-refractivity contribution in [2.45, 2.75) is 19.5 Å². The van der Waals surface area contributed by atoms with Gasteiger partial charge in [-0.1, -0.05) is 11.6 Å². The largest absolute Gasteiger partial charge is 0.373 e. The summed E-state index contributed by atoms with van der Waals surface area (Å²) in [6.07, 6.45) is 0. The lowest BCUT2D eigenvalue weighted by atomic mass is 10.2. The molecule has 0 radical (unpaired) electrons. The van der Waals surface area contributed by atoms with Gasteiger partial charge in [0.1, 0.15) is 5.82 Å². The van der Waals surface area contributed by atoms with Crippen molar-refractivity contribution >= 4 is 27.3 Å². The highest BCUT2D eigenvalue weighted by atomic mass is 35.5. The monoisotopic (exact) mass is 303 g/mol. The normalized spacial score (nSPS) is 23.2. The lowest BCUT2D eigenvalue weighted by Crippen LogP contribution is -2.46. The first kappa shape index (κ1) is 14.6. The van der Waals surface area contributed by atoms with E-state index in [0.717, 1.165) is 11.5 Å². The maximum absolute atomic E-state index is 11.5. The predicted molar refractivity (Wildman–Crippen MR) is 77.3 cm³/mol. The molecule has 1 aliphatic rings. The van der Waals surface area contributed by atoms with Crippen LogP contribution in [-0.2, 0) is 16.4 Å². The van der Waals surface area contributed by atoms with E-state index in [2.05, 4.69) is 15.2 Å². The Morgan fingerprint density at radius 1 is 1.53 bits per heavy atom. The van der Waals surface area contributed by atoms with Crippen LogP contribution < -0.4 is 5.32 Å². The highest BCUT2D eigenvalue weighted by Crippen LogP contribution is 2.21. The number of nitrogens with one attached hydrogen (secondary N) is 1. The molecule has 1 aliphatic heterocycles. The van der Waals surface area contributed by atoms with Gasteiger partial charge in [0.2, 0.25) is 0 Å². The van der Waals surface area contributed by atoms with E-state index in [1.54, 1.807) is 13.1 Å². The Kier molecular flexibility index (Phi) is 4.32. The SMILES string of the molecule is CNc1ccc(Cl)c(CN2CCS(=O)(=O)CC2C)n1. The molecule has 1 saturated heterocycles. The second-order valence-electron chi connectivity index (χ2n) is 4.81. The Morgan fingerprint density at radius 3 is 2.89 bits per heavy atom. The number of sulfone groups is 1. The molecule has 1 N–H and O–H groups in total. The molecule has 1 aromatic heterocycles. The van der Waals surface area contributed by atoms with Gasteiger partial charge in [-0.25, -0.2) is 13.4 Å². The standard InChI is InChI=1S/C12H18ClN3O2S/c1-9-8-19(17,18)6-5-16(9)7-11-10(13)3-4-12(14-2)15-11/h3-4,9H,5-8H2,1-2H3,(H,14,15). The first-order valence-electron chi connectivity index (χ1n) is 6.19. The number of hydrogen-bond donors (Lipinski definition) is 1. The second kappa shape index (κ2) is 5.64. The summed E-state index contributed by atoms with van der Waals surface area (Å²) in [6.45, 7) is 3.03. The van der Waals surface area contributed by atoms with Gasteiger partial charge in [-0.3, -0.25) is 4.90 Å². The lowest BCUT2D eigenvalue weighted by Gasteiger charge is -2.32.